The molecule has 1 aromatic heterocycles. The van der Waals surface area contributed by atoms with Gasteiger partial charge in [-0.1, -0.05) is 49.4 Å². The maximum atomic E-state index is 12.6. The zero-order valence-corrected chi connectivity index (χ0v) is 18.9. The third-order valence-electron chi connectivity index (χ3n) is 5.69. The molecule has 0 unspecified atom stereocenters. The quantitative estimate of drug-likeness (QED) is 0.722. The number of hydrogen-bond acceptors (Lipinski definition) is 3. The third-order valence-corrected chi connectivity index (χ3v) is 5.69. The number of benzene rings is 1. The van der Waals surface area contributed by atoms with Crippen molar-refractivity contribution in [2.24, 2.45) is 0 Å². The Kier molecular flexibility index (Phi) is 7.40. The summed E-state index contributed by atoms with van der Waals surface area (Å²) in [6, 6.07) is 12.3. The normalized spacial score (nSPS) is 13.3. The Morgan fingerprint density at radius 3 is 2.39 bits per heavy atom. The molecule has 1 aromatic carbocycles. The Labute approximate surface area is 184 Å². The van der Waals surface area contributed by atoms with Gasteiger partial charge in [0.2, 0.25) is 11.8 Å². The van der Waals surface area contributed by atoms with Crippen molar-refractivity contribution < 1.29 is 9.59 Å². The summed E-state index contributed by atoms with van der Waals surface area (Å²) in [5.41, 5.74) is 7.27. The summed E-state index contributed by atoms with van der Waals surface area (Å²) in [5, 5.41) is 3.01. The van der Waals surface area contributed by atoms with E-state index in [1.165, 1.54) is 5.57 Å². The molecule has 0 saturated carbocycles. The van der Waals surface area contributed by atoms with E-state index in [9.17, 15) is 9.59 Å². The second kappa shape index (κ2) is 10.2. The van der Waals surface area contributed by atoms with E-state index in [-0.39, 0.29) is 11.8 Å². The minimum Gasteiger partial charge on any atom is -0.348 e. The summed E-state index contributed by atoms with van der Waals surface area (Å²) in [5.74, 6) is 0.123. The summed E-state index contributed by atoms with van der Waals surface area (Å²) in [4.78, 5) is 30.5. The van der Waals surface area contributed by atoms with Gasteiger partial charge in [0, 0.05) is 43.5 Å². The van der Waals surface area contributed by atoms with Gasteiger partial charge < -0.3 is 10.2 Å². The van der Waals surface area contributed by atoms with Crippen LogP contribution in [0.3, 0.4) is 0 Å². The highest BCUT2D eigenvalue weighted by atomic mass is 16.2. The highest BCUT2D eigenvalue weighted by Gasteiger charge is 2.15. The number of carbonyl (C=O) groups is 2. The highest BCUT2D eigenvalue weighted by molar-refractivity contribution is 5.95. The largest absolute Gasteiger partial charge is 0.348 e. The first kappa shape index (κ1) is 22.5. The van der Waals surface area contributed by atoms with Crippen LogP contribution in [-0.2, 0) is 22.7 Å². The first-order valence-electron chi connectivity index (χ1n) is 10.8. The van der Waals surface area contributed by atoms with Gasteiger partial charge in [-0.05, 0) is 55.0 Å². The van der Waals surface area contributed by atoms with Crippen LogP contribution in [0.25, 0.3) is 5.57 Å². The van der Waals surface area contributed by atoms with Gasteiger partial charge in [-0.15, -0.1) is 0 Å². The van der Waals surface area contributed by atoms with E-state index < -0.39 is 0 Å². The van der Waals surface area contributed by atoms with E-state index in [1.807, 2.05) is 52.1 Å². The molecule has 5 nitrogen and oxygen atoms in total. The predicted molar refractivity (Wildman–Crippen MR) is 124 cm³/mol. The number of nitrogens with one attached hydrogen (secondary N) is 1. The Morgan fingerprint density at radius 1 is 1.03 bits per heavy atom. The van der Waals surface area contributed by atoms with Gasteiger partial charge in [0.25, 0.3) is 0 Å². The molecule has 1 heterocycles. The lowest BCUT2D eigenvalue weighted by atomic mass is 9.92. The number of carbonyl (C=O) groups excluding carboxylic acids is 2. The van der Waals surface area contributed by atoms with E-state index in [1.54, 1.807) is 4.90 Å². The number of amides is 2. The minimum atomic E-state index is -0.0192. The van der Waals surface area contributed by atoms with Gasteiger partial charge in [-0.3, -0.25) is 14.6 Å². The molecule has 3 rings (SSSR count). The van der Waals surface area contributed by atoms with Crippen LogP contribution in [0, 0.1) is 13.8 Å². The Bertz CT molecular complexity index is 1020. The molecule has 5 heteroatoms. The van der Waals surface area contributed by atoms with Gasteiger partial charge in [0.1, 0.15) is 0 Å². The van der Waals surface area contributed by atoms with Gasteiger partial charge in [-0.25, -0.2) is 0 Å². The van der Waals surface area contributed by atoms with Crippen LogP contribution in [0.2, 0.25) is 0 Å². The summed E-state index contributed by atoms with van der Waals surface area (Å²) in [6.07, 6.45) is 6.04. The molecule has 1 N–H and O–H groups in total. The number of rotatable bonds is 7. The van der Waals surface area contributed by atoms with Crippen LogP contribution >= 0.6 is 0 Å². The smallest absolute Gasteiger partial charge is 0.247 e. The first-order chi connectivity index (χ1) is 14.9. The summed E-state index contributed by atoms with van der Waals surface area (Å²) in [7, 11) is 1.83. The van der Waals surface area contributed by atoms with Gasteiger partial charge in [-0.2, -0.15) is 0 Å². The summed E-state index contributed by atoms with van der Waals surface area (Å²) >= 11 is 0. The topological polar surface area (TPSA) is 62.3 Å². The number of nitrogens with zero attached hydrogens (tertiary/aromatic N) is 2. The molecule has 2 aromatic rings. The van der Waals surface area contributed by atoms with Crippen molar-refractivity contribution in [1.82, 2.24) is 15.2 Å². The molecule has 1 aliphatic rings. The Morgan fingerprint density at radius 2 is 1.77 bits per heavy atom. The van der Waals surface area contributed by atoms with Crippen LogP contribution in [0.4, 0.5) is 0 Å². The average Bonchev–Trinajstić information content (AvgIpc) is 2.78. The van der Waals surface area contributed by atoms with Gasteiger partial charge in [0.15, 0.2) is 0 Å². The predicted octanol–water partition coefficient (Wildman–Crippen LogP) is 4.49. The summed E-state index contributed by atoms with van der Waals surface area (Å²) in [6.45, 7) is 6.91. The van der Waals surface area contributed by atoms with E-state index in [0.29, 0.717) is 19.5 Å². The fraction of sp³-hybridized carbons (Fsp3) is 0.346. The molecule has 0 aliphatic heterocycles. The molecule has 0 atom stereocenters. The average molecular weight is 418 g/mol. The van der Waals surface area contributed by atoms with Crippen molar-refractivity contribution in [2.75, 3.05) is 7.05 Å². The lowest BCUT2D eigenvalue weighted by Crippen LogP contribution is -2.25. The number of pyridine rings is 1. The van der Waals surface area contributed by atoms with Crippen molar-refractivity contribution in [3.05, 3.63) is 82.2 Å². The lowest BCUT2D eigenvalue weighted by molar-refractivity contribution is -0.130. The molecule has 1 aliphatic carbocycles. The van der Waals surface area contributed by atoms with E-state index in [4.69, 9.17) is 0 Å². The van der Waals surface area contributed by atoms with E-state index >= 15 is 0 Å². The highest BCUT2D eigenvalue weighted by Crippen LogP contribution is 2.27. The standard InChI is InChI=1S/C26H31N3O2/c1-5-25(30)29(4)17-20-7-10-21(11-8-20)22-12-14-23(15-13-22)26(31)27-16-24-9-6-18(2)28-19(24)3/h6-12,14H,5,13,15-17H2,1-4H3,(H,27,31). The van der Waals surface area contributed by atoms with Crippen molar-refractivity contribution in [3.8, 4) is 0 Å². The van der Waals surface area contributed by atoms with Crippen molar-refractivity contribution in [3.63, 3.8) is 0 Å². The zero-order chi connectivity index (χ0) is 22.4. The molecule has 2 amide bonds. The molecule has 31 heavy (non-hydrogen) atoms. The van der Waals surface area contributed by atoms with Crippen LogP contribution in [0.5, 0.6) is 0 Å². The van der Waals surface area contributed by atoms with Gasteiger partial charge in [0.05, 0.1) is 0 Å². The SMILES string of the molecule is CCC(=O)N(C)Cc1ccc(C2=CC=C(C(=O)NCc3ccc(C)nc3C)CC2)cc1. The maximum absolute atomic E-state index is 12.6. The number of allylic oxidation sites excluding steroid dienone is 3. The fourth-order valence-corrected chi connectivity index (χ4v) is 3.71. The fourth-order valence-electron chi connectivity index (χ4n) is 3.71. The third kappa shape index (κ3) is 5.91. The lowest BCUT2D eigenvalue weighted by Gasteiger charge is -2.18. The second-order valence-corrected chi connectivity index (χ2v) is 8.06. The molecule has 0 radical (unpaired) electrons. The molecular weight excluding hydrogens is 386 g/mol. The minimum absolute atomic E-state index is 0.0192. The van der Waals surface area contributed by atoms with Crippen LogP contribution < -0.4 is 5.32 Å². The Hall–Kier alpha value is -3.21. The van der Waals surface area contributed by atoms with Crippen LogP contribution in [-0.4, -0.2) is 28.7 Å². The molecular formula is C26H31N3O2. The van der Waals surface area contributed by atoms with Crippen LogP contribution in [0.1, 0.15) is 54.3 Å². The second-order valence-electron chi connectivity index (χ2n) is 8.06. The van der Waals surface area contributed by atoms with Crippen molar-refractivity contribution in [2.45, 2.75) is 53.1 Å². The molecule has 162 valence electrons. The molecule has 0 bridgehead atoms. The van der Waals surface area contributed by atoms with Crippen molar-refractivity contribution >= 4 is 17.4 Å². The first-order valence-corrected chi connectivity index (χ1v) is 10.8. The van der Waals surface area contributed by atoms with Crippen LogP contribution in [0.15, 0.2) is 54.1 Å². The molecule has 0 saturated heterocycles. The monoisotopic (exact) mass is 417 g/mol. The number of aryl methyl sites for hydroxylation is 2. The summed E-state index contributed by atoms with van der Waals surface area (Å²) < 4.78 is 0. The van der Waals surface area contributed by atoms with Gasteiger partial charge >= 0.3 is 0 Å². The Balaban J connectivity index is 1.59. The number of aromatic nitrogens is 1. The maximum Gasteiger partial charge on any atom is 0.247 e. The number of hydrogen-bond donors (Lipinski definition) is 1. The zero-order valence-electron chi connectivity index (χ0n) is 18.9. The molecule has 0 spiro atoms. The van der Waals surface area contributed by atoms with E-state index in [0.717, 1.165) is 46.5 Å². The van der Waals surface area contributed by atoms with E-state index in [2.05, 4.69) is 34.6 Å². The van der Waals surface area contributed by atoms with Crippen molar-refractivity contribution in [1.29, 1.82) is 0 Å². The molecule has 0 fully saturated rings.